The second kappa shape index (κ2) is 5.95. The van der Waals surface area contributed by atoms with Crippen LogP contribution < -0.4 is 4.90 Å². The van der Waals surface area contributed by atoms with Crippen molar-refractivity contribution in [3.05, 3.63) is 18.1 Å². The number of amides is 1. The van der Waals surface area contributed by atoms with Crippen molar-refractivity contribution in [1.29, 1.82) is 0 Å². The lowest BCUT2D eigenvalue weighted by Crippen LogP contribution is -2.52. The van der Waals surface area contributed by atoms with Crippen LogP contribution in [0.4, 0.5) is 5.82 Å². The summed E-state index contributed by atoms with van der Waals surface area (Å²) in [6.45, 7) is 8.74. The van der Waals surface area contributed by atoms with Crippen molar-refractivity contribution in [3.8, 4) is 0 Å². The molecule has 1 aliphatic rings. The van der Waals surface area contributed by atoms with Crippen LogP contribution in [0.15, 0.2) is 12.4 Å². The maximum atomic E-state index is 12.3. The first kappa shape index (κ1) is 15.0. The average molecular weight is 297 g/mol. The van der Waals surface area contributed by atoms with Crippen LogP contribution in [0.3, 0.4) is 0 Å². The number of rotatable bonds is 3. The van der Waals surface area contributed by atoms with E-state index in [4.69, 9.17) is 11.6 Å². The van der Waals surface area contributed by atoms with Crippen molar-refractivity contribution in [3.63, 3.8) is 0 Å². The zero-order chi connectivity index (χ0) is 14.8. The van der Waals surface area contributed by atoms with Crippen molar-refractivity contribution in [2.75, 3.05) is 37.0 Å². The van der Waals surface area contributed by atoms with Gasteiger partial charge < -0.3 is 9.80 Å². The van der Waals surface area contributed by atoms with Gasteiger partial charge in [-0.05, 0) is 20.8 Å². The number of nitrogens with zero attached hydrogens (tertiary/aromatic N) is 4. The largest absolute Gasteiger partial charge is 0.353 e. The molecule has 6 heteroatoms. The Hall–Kier alpha value is -1.36. The average Bonchev–Trinajstić information content (AvgIpc) is 2.46. The van der Waals surface area contributed by atoms with Crippen LogP contribution in [0.5, 0.6) is 0 Å². The van der Waals surface area contributed by atoms with Gasteiger partial charge in [0.15, 0.2) is 0 Å². The maximum Gasteiger partial charge on any atom is 0.229 e. The molecule has 1 aromatic heterocycles. The van der Waals surface area contributed by atoms with E-state index in [1.165, 1.54) is 0 Å². The highest BCUT2D eigenvalue weighted by atomic mass is 35.5. The SMILES string of the molecule is Cc1cc(N2CCN(C(=O)C(C)(C)CCl)CC2)ncn1. The van der Waals surface area contributed by atoms with Gasteiger partial charge in [-0.3, -0.25) is 4.79 Å². The Morgan fingerprint density at radius 1 is 1.30 bits per heavy atom. The smallest absolute Gasteiger partial charge is 0.229 e. The summed E-state index contributed by atoms with van der Waals surface area (Å²) in [7, 11) is 0. The molecule has 0 aliphatic carbocycles. The summed E-state index contributed by atoms with van der Waals surface area (Å²) < 4.78 is 0. The first-order valence-electron chi connectivity index (χ1n) is 6.83. The Bertz CT molecular complexity index is 484. The van der Waals surface area contributed by atoms with E-state index in [0.29, 0.717) is 19.0 Å². The summed E-state index contributed by atoms with van der Waals surface area (Å²) in [6.07, 6.45) is 1.58. The zero-order valence-electron chi connectivity index (χ0n) is 12.3. The van der Waals surface area contributed by atoms with Crippen molar-refractivity contribution < 1.29 is 4.79 Å². The molecule has 110 valence electrons. The molecule has 1 amide bonds. The molecule has 1 aliphatic heterocycles. The number of anilines is 1. The number of carbonyl (C=O) groups excluding carboxylic acids is 1. The second-order valence-corrected chi connectivity index (χ2v) is 6.08. The van der Waals surface area contributed by atoms with E-state index in [1.807, 2.05) is 31.7 Å². The Kier molecular flexibility index (Phi) is 4.48. The second-order valence-electron chi connectivity index (χ2n) is 5.81. The van der Waals surface area contributed by atoms with E-state index < -0.39 is 5.41 Å². The minimum Gasteiger partial charge on any atom is -0.353 e. The Labute approximate surface area is 124 Å². The molecule has 0 bridgehead atoms. The molecule has 5 nitrogen and oxygen atoms in total. The van der Waals surface area contributed by atoms with E-state index in [2.05, 4.69) is 14.9 Å². The van der Waals surface area contributed by atoms with Crippen LogP contribution in [0.2, 0.25) is 0 Å². The molecule has 2 rings (SSSR count). The molecule has 0 spiro atoms. The first-order chi connectivity index (χ1) is 9.44. The maximum absolute atomic E-state index is 12.3. The van der Waals surface area contributed by atoms with E-state index in [1.54, 1.807) is 6.33 Å². The Balaban J connectivity index is 1.98. The topological polar surface area (TPSA) is 49.3 Å². The van der Waals surface area contributed by atoms with Crippen LogP contribution in [0, 0.1) is 12.3 Å². The lowest BCUT2D eigenvalue weighted by molar-refractivity contribution is -0.139. The molecule has 1 fully saturated rings. The highest BCUT2D eigenvalue weighted by Crippen LogP contribution is 2.22. The van der Waals surface area contributed by atoms with Crippen molar-refractivity contribution in [2.24, 2.45) is 5.41 Å². The zero-order valence-corrected chi connectivity index (χ0v) is 13.0. The molecule has 2 heterocycles. The number of alkyl halides is 1. The predicted octanol–water partition coefficient (Wildman–Crippen LogP) is 1.70. The molecule has 0 unspecified atom stereocenters. The van der Waals surface area contributed by atoms with Crippen LogP contribution in [0.1, 0.15) is 19.5 Å². The van der Waals surface area contributed by atoms with Gasteiger partial charge in [0.1, 0.15) is 12.1 Å². The fourth-order valence-corrected chi connectivity index (χ4v) is 2.35. The Morgan fingerprint density at radius 2 is 1.95 bits per heavy atom. The van der Waals surface area contributed by atoms with Gasteiger partial charge in [-0.1, -0.05) is 0 Å². The van der Waals surface area contributed by atoms with E-state index in [9.17, 15) is 4.79 Å². The fourth-order valence-electron chi connectivity index (χ4n) is 2.24. The fraction of sp³-hybridized carbons (Fsp3) is 0.643. The van der Waals surface area contributed by atoms with E-state index >= 15 is 0 Å². The number of hydrogen-bond donors (Lipinski definition) is 0. The minimum atomic E-state index is -0.491. The van der Waals surface area contributed by atoms with Crippen LogP contribution >= 0.6 is 11.6 Å². The summed E-state index contributed by atoms with van der Waals surface area (Å²) >= 11 is 5.87. The summed E-state index contributed by atoms with van der Waals surface area (Å²) in [5, 5.41) is 0. The summed E-state index contributed by atoms with van der Waals surface area (Å²) in [6, 6.07) is 1.97. The van der Waals surface area contributed by atoms with Crippen LogP contribution in [0.25, 0.3) is 0 Å². The van der Waals surface area contributed by atoms with Gasteiger partial charge in [0.2, 0.25) is 5.91 Å². The van der Waals surface area contributed by atoms with Gasteiger partial charge in [-0.2, -0.15) is 0 Å². The molecular weight excluding hydrogens is 276 g/mol. The summed E-state index contributed by atoms with van der Waals surface area (Å²) in [5.41, 5.74) is 0.465. The Morgan fingerprint density at radius 3 is 2.50 bits per heavy atom. The van der Waals surface area contributed by atoms with Gasteiger partial charge in [-0.15, -0.1) is 11.6 Å². The quantitative estimate of drug-likeness (QED) is 0.797. The number of piperazine rings is 1. The number of carbonyl (C=O) groups is 1. The lowest BCUT2D eigenvalue weighted by atomic mass is 9.94. The third-order valence-corrected chi connectivity index (χ3v) is 4.26. The molecule has 0 atom stereocenters. The lowest BCUT2D eigenvalue weighted by Gasteiger charge is -2.38. The highest BCUT2D eigenvalue weighted by Gasteiger charge is 2.33. The van der Waals surface area contributed by atoms with Crippen LogP contribution in [-0.2, 0) is 4.79 Å². The summed E-state index contributed by atoms with van der Waals surface area (Å²) in [5.74, 6) is 1.41. The molecule has 0 saturated carbocycles. The van der Waals surface area contributed by atoms with E-state index in [0.717, 1.165) is 24.6 Å². The highest BCUT2D eigenvalue weighted by molar-refractivity contribution is 6.19. The third-order valence-electron chi connectivity index (χ3n) is 3.59. The van der Waals surface area contributed by atoms with Gasteiger partial charge in [0.25, 0.3) is 0 Å². The van der Waals surface area contributed by atoms with Gasteiger partial charge in [0.05, 0.1) is 5.41 Å². The molecule has 0 aromatic carbocycles. The molecule has 0 N–H and O–H groups in total. The monoisotopic (exact) mass is 296 g/mol. The minimum absolute atomic E-state index is 0.131. The standard InChI is InChI=1S/C14H21ClN4O/c1-11-8-12(17-10-16-11)18-4-6-19(7-5-18)13(20)14(2,3)9-15/h8,10H,4-7,9H2,1-3H3. The van der Waals surface area contributed by atoms with Crippen molar-refractivity contribution in [1.82, 2.24) is 14.9 Å². The predicted molar refractivity (Wildman–Crippen MR) is 80.1 cm³/mol. The molecule has 0 radical (unpaired) electrons. The molecule has 1 saturated heterocycles. The number of hydrogen-bond acceptors (Lipinski definition) is 4. The number of aryl methyl sites for hydroxylation is 1. The van der Waals surface area contributed by atoms with Crippen LogP contribution in [-0.4, -0.2) is 52.8 Å². The van der Waals surface area contributed by atoms with Crippen molar-refractivity contribution in [2.45, 2.75) is 20.8 Å². The first-order valence-corrected chi connectivity index (χ1v) is 7.36. The number of halogens is 1. The van der Waals surface area contributed by atoms with Gasteiger partial charge in [-0.25, -0.2) is 9.97 Å². The summed E-state index contributed by atoms with van der Waals surface area (Å²) in [4.78, 5) is 24.8. The molecular formula is C14H21ClN4O. The van der Waals surface area contributed by atoms with Crippen molar-refractivity contribution >= 4 is 23.3 Å². The van der Waals surface area contributed by atoms with E-state index in [-0.39, 0.29) is 5.91 Å². The molecule has 20 heavy (non-hydrogen) atoms. The third kappa shape index (κ3) is 3.20. The molecule has 1 aromatic rings. The normalized spacial score (nSPS) is 16.4. The number of aromatic nitrogens is 2. The van der Waals surface area contributed by atoms with Gasteiger partial charge >= 0.3 is 0 Å². The van der Waals surface area contributed by atoms with Gasteiger partial charge in [0, 0.05) is 43.8 Å².